The van der Waals surface area contributed by atoms with Crippen LogP contribution in [0.1, 0.15) is 50.2 Å². The van der Waals surface area contributed by atoms with Gasteiger partial charge in [0.2, 0.25) is 5.91 Å². The van der Waals surface area contributed by atoms with Gasteiger partial charge in [0.05, 0.1) is 17.9 Å². The van der Waals surface area contributed by atoms with Crippen molar-refractivity contribution in [2.75, 3.05) is 23.3 Å². The number of amides is 1. The Kier molecular flexibility index (Phi) is 5.05. The third kappa shape index (κ3) is 3.33. The van der Waals surface area contributed by atoms with Crippen LogP contribution < -0.4 is 10.2 Å². The van der Waals surface area contributed by atoms with Crippen LogP contribution in [0.25, 0.3) is 0 Å². The molecule has 1 aliphatic rings. The molecule has 0 atom stereocenters. The lowest BCUT2D eigenvalue weighted by molar-refractivity contribution is -0.117. The molecule has 0 bridgehead atoms. The quantitative estimate of drug-likeness (QED) is 0.794. The second-order valence-corrected chi connectivity index (χ2v) is 5.77. The number of unbranched alkanes of at least 4 members (excludes halogenated alkanes) is 4. The van der Waals surface area contributed by atoms with Crippen molar-refractivity contribution in [3.63, 3.8) is 0 Å². The third-order valence-electron chi connectivity index (χ3n) is 4.12. The lowest BCUT2D eigenvalue weighted by Crippen LogP contribution is -2.40. The molecule has 110 valence electrons. The number of anilines is 2. The van der Waals surface area contributed by atoms with Crippen molar-refractivity contribution in [1.29, 1.82) is 0 Å². The van der Waals surface area contributed by atoms with Crippen LogP contribution in [0.5, 0.6) is 0 Å². The first-order chi connectivity index (χ1) is 9.63. The summed E-state index contributed by atoms with van der Waals surface area (Å²) in [7, 11) is 0. The summed E-state index contributed by atoms with van der Waals surface area (Å²) in [6.07, 6.45) is 6.14. The molecule has 20 heavy (non-hydrogen) atoms. The van der Waals surface area contributed by atoms with Crippen molar-refractivity contribution in [3.05, 3.63) is 23.3 Å². The van der Waals surface area contributed by atoms with Crippen LogP contribution in [0.15, 0.2) is 12.1 Å². The fraction of sp³-hybridized carbons (Fsp3) is 0.588. The fourth-order valence-corrected chi connectivity index (χ4v) is 2.69. The molecule has 1 aromatic carbocycles. The molecule has 1 N–H and O–H groups in total. The Morgan fingerprint density at radius 3 is 2.55 bits per heavy atom. The SMILES string of the molecule is CCCCCCCN1C(=O)CNc2cc(C)c(C)cc21. The minimum Gasteiger partial charge on any atom is -0.374 e. The van der Waals surface area contributed by atoms with Gasteiger partial charge < -0.3 is 10.2 Å². The molecular weight excluding hydrogens is 248 g/mol. The van der Waals surface area contributed by atoms with Gasteiger partial charge in [-0.25, -0.2) is 0 Å². The van der Waals surface area contributed by atoms with E-state index in [0.29, 0.717) is 6.54 Å². The van der Waals surface area contributed by atoms with Crippen LogP contribution in [0.4, 0.5) is 11.4 Å². The van der Waals surface area contributed by atoms with Crippen molar-refractivity contribution in [1.82, 2.24) is 0 Å². The van der Waals surface area contributed by atoms with Crippen molar-refractivity contribution in [3.8, 4) is 0 Å². The number of nitrogens with one attached hydrogen (secondary N) is 1. The van der Waals surface area contributed by atoms with Gasteiger partial charge in [0.1, 0.15) is 0 Å². The number of carbonyl (C=O) groups is 1. The fourth-order valence-electron chi connectivity index (χ4n) is 2.69. The topological polar surface area (TPSA) is 32.3 Å². The first kappa shape index (κ1) is 14.9. The molecule has 0 aromatic heterocycles. The maximum absolute atomic E-state index is 12.1. The van der Waals surface area contributed by atoms with E-state index >= 15 is 0 Å². The molecule has 0 aliphatic carbocycles. The van der Waals surface area contributed by atoms with E-state index in [1.807, 2.05) is 4.90 Å². The molecule has 1 aromatic rings. The highest BCUT2D eigenvalue weighted by Crippen LogP contribution is 2.32. The molecule has 0 unspecified atom stereocenters. The number of aryl methyl sites for hydroxylation is 2. The van der Waals surface area contributed by atoms with E-state index in [4.69, 9.17) is 0 Å². The van der Waals surface area contributed by atoms with E-state index in [1.165, 1.54) is 36.8 Å². The summed E-state index contributed by atoms with van der Waals surface area (Å²) < 4.78 is 0. The second kappa shape index (κ2) is 6.78. The van der Waals surface area contributed by atoms with Gasteiger partial charge >= 0.3 is 0 Å². The zero-order chi connectivity index (χ0) is 14.5. The Balaban J connectivity index is 2.05. The molecule has 2 rings (SSSR count). The largest absolute Gasteiger partial charge is 0.374 e. The molecule has 3 nitrogen and oxygen atoms in total. The van der Waals surface area contributed by atoms with E-state index in [-0.39, 0.29) is 5.91 Å². The Labute approximate surface area is 122 Å². The first-order valence-corrected chi connectivity index (χ1v) is 7.79. The van der Waals surface area contributed by atoms with E-state index in [2.05, 4.69) is 38.2 Å². The van der Waals surface area contributed by atoms with Gasteiger partial charge in [-0.3, -0.25) is 4.79 Å². The van der Waals surface area contributed by atoms with Crippen molar-refractivity contribution >= 4 is 17.3 Å². The lowest BCUT2D eigenvalue weighted by atomic mass is 10.0. The predicted octanol–water partition coefficient (Wildman–Crippen LogP) is 4.03. The molecule has 1 amide bonds. The van der Waals surface area contributed by atoms with Gasteiger partial charge in [-0.1, -0.05) is 32.6 Å². The van der Waals surface area contributed by atoms with Crippen LogP contribution in [0.2, 0.25) is 0 Å². The Hall–Kier alpha value is -1.51. The monoisotopic (exact) mass is 274 g/mol. The molecule has 0 saturated heterocycles. The normalized spacial score (nSPS) is 14.2. The summed E-state index contributed by atoms with van der Waals surface area (Å²) in [5.74, 6) is 0.191. The maximum atomic E-state index is 12.1. The number of benzene rings is 1. The van der Waals surface area contributed by atoms with Gasteiger partial charge in [-0.15, -0.1) is 0 Å². The molecule has 1 heterocycles. The summed E-state index contributed by atoms with van der Waals surface area (Å²) in [5.41, 5.74) is 4.67. The summed E-state index contributed by atoms with van der Waals surface area (Å²) in [4.78, 5) is 14.1. The zero-order valence-electron chi connectivity index (χ0n) is 13.0. The predicted molar refractivity (Wildman–Crippen MR) is 85.5 cm³/mol. The zero-order valence-corrected chi connectivity index (χ0v) is 13.0. The van der Waals surface area contributed by atoms with Crippen molar-refractivity contribution < 1.29 is 4.79 Å². The van der Waals surface area contributed by atoms with Crippen molar-refractivity contribution in [2.45, 2.75) is 52.9 Å². The van der Waals surface area contributed by atoms with Gasteiger partial charge in [0.15, 0.2) is 0 Å². The second-order valence-electron chi connectivity index (χ2n) is 5.77. The Morgan fingerprint density at radius 1 is 1.10 bits per heavy atom. The van der Waals surface area contributed by atoms with E-state index in [1.54, 1.807) is 0 Å². The first-order valence-electron chi connectivity index (χ1n) is 7.79. The number of carbonyl (C=O) groups excluding carboxylic acids is 1. The molecule has 0 spiro atoms. The van der Waals surface area contributed by atoms with Crippen LogP contribution in [-0.2, 0) is 4.79 Å². The van der Waals surface area contributed by atoms with E-state index < -0.39 is 0 Å². The highest BCUT2D eigenvalue weighted by Gasteiger charge is 2.23. The van der Waals surface area contributed by atoms with Gasteiger partial charge in [-0.2, -0.15) is 0 Å². The highest BCUT2D eigenvalue weighted by atomic mass is 16.2. The Bertz CT molecular complexity index is 482. The summed E-state index contributed by atoms with van der Waals surface area (Å²) >= 11 is 0. The van der Waals surface area contributed by atoms with Crippen LogP contribution in [0.3, 0.4) is 0 Å². The molecule has 0 fully saturated rings. The lowest BCUT2D eigenvalue weighted by Gasteiger charge is -2.31. The Morgan fingerprint density at radius 2 is 1.80 bits per heavy atom. The number of nitrogens with zero attached hydrogens (tertiary/aromatic N) is 1. The average molecular weight is 274 g/mol. The van der Waals surface area contributed by atoms with Gasteiger partial charge in [0.25, 0.3) is 0 Å². The number of hydrogen-bond acceptors (Lipinski definition) is 2. The van der Waals surface area contributed by atoms with E-state index in [9.17, 15) is 4.79 Å². The summed E-state index contributed by atoms with van der Waals surface area (Å²) in [6, 6.07) is 4.29. The van der Waals surface area contributed by atoms with Crippen molar-refractivity contribution in [2.24, 2.45) is 0 Å². The maximum Gasteiger partial charge on any atom is 0.246 e. The summed E-state index contributed by atoms with van der Waals surface area (Å²) in [5, 5.41) is 3.23. The minimum absolute atomic E-state index is 0.191. The smallest absolute Gasteiger partial charge is 0.246 e. The molecule has 0 saturated carbocycles. The molecule has 3 heteroatoms. The molecule has 1 aliphatic heterocycles. The summed E-state index contributed by atoms with van der Waals surface area (Å²) in [6.45, 7) is 7.71. The molecular formula is C17H26N2O. The van der Waals surface area contributed by atoms with Gasteiger partial charge in [0, 0.05) is 6.54 Å². The van der Waals surface area contributed by atoms with Crippen LogP contribution >= 0.6 is 0 Å². The van der Waals surface area contributed by atoms with E-state index in [0.717, 1.165) is 24.3 Å². The van der Waals surface area contributed by atoms with Gasteiger partial charge in [-0.05, 0) is 43.5 Å². The average Bonchev–Trinajstić information content (AvgIpc) is 2.43. The minimum atomic E-state index is 0.191. The number of rotatable bonds is 6. The standard InChI is InChI=1S/C17H26N2O/c1-4-5-6-7-8-9-19-16-11-14(3)13(2)10-15(16)18-12-17(19)20/h10-11,18H,4-9,12H2,1-3H3. The van der Waals surface area contributed by atoms with Crippen LogP contribution in [-0.4, -0.2) is 19.0 Å². The van der Waals surface area contributed by atoms with Crippen LogP contribution in [0, 0.1) is 13.8 Å². The number of fused-ring (bicyclic) bond motifs is 1. The number of hydrogen-bond donors (Lipinski definition) is 1. The molecule has 0 radical (unpaired) electrons. The third-order valence-corrected chi connectivity index (χ3v) is 4.12. The highest BCUT2D eigenvalue weighted by molar-refractivity contribution is 6.02.